The van der Waals surface area contributed by atoms with E-state index in [1.54, 1.807) is 7.11 Å². The Morgan fingerprint density at radius 3 is 2.73 bits per heavy atom. The van der Waals surface area contributed by atoms with Crippen LogP contribution in [0.15, 0.2) is 48.5 Å². The molecule has 0 heterocycles. The molecule has 0 atom stereocenters. The van der Waals surface area contributed by atoms with E-state index in [0.29, 0.717) is 0 Å². The van der Waals surface area contributed by atoms with Gasteiger partial charge in [-0.05, 0) is 53.7 Å². The Morgan fingerprint density at radius 1 is 1.14 bits per heavy atom. The Balaban J connectivity index is 2.11. The largest absolute Gasteiger partial charge is 0.496 e. The van der Waals surface area contributed by atoms with Crippen LogP contribution in [0.4, 0.5) is 0 Å². The van der Waals surface area contributed by atoms with Gasteiger partial charge < -0.3 is 9.84 Å². The summed E-state index contributed by atoms with van der Waals surface area (Å²) in [7, 11) is 1.66. The van der Waals surface area contributed by atoms with Gasteiger partial charge in [0.2, 0.25) is 0 Å². The highest BCUT2D eigenvalue weighted by molar-refractivity contribution is 5.91. The van der Waals surface area contributed by atoms with Gasteiger partial charge in [-0.3, -0.25) is 0 Å². The van der Waals surface area contributed by atoms with Gasteiger partial charge in [-0.25, -0.2) is 4.79 Å². The maximum atomic E-state index is 11.0. The highest BCUT2D eigenvalue weighted by atomic mass is 16.5. The van der Waals surface area contributed by atoms with E-state index in [0.717, 1.165) is 47.3 Å². The summed E-state index contributed by atoms with van der Waals surface area (Å²) >= 11 is 0. The van der Waals surface area contributed by atoms with Crippen LogP contribution in [0.3, 0.4) is 0 Å². The van der Waals surface area contributed by atoms with Crippen molar-refractivity contribution >= 4 is 11.5 Å². The van der Waals surface area contributed by atoms with Crippen LogP contribution >= 0.6 is 0 Å². The molecule has 0 fully saturated rings. The number of aliphatic carboxylic acids is 1. The van der Waals surface area contributed by atoms with Crippen molar-refractivity contribution in [2.75, 3.05) is 7.11 Å². The second-order valence-electron chi connectivity index (χ2n) is 5.43. The lowest BCUT2D eigenvalue weighted by molar-refractivity contribution is -0.131. The van der Waals surface area contributed by atoms with Gasteiger partial charge in [0.15, 0.2) is 0 Å². The molecule has 22 heavy (non-hydrogen) atoms. The summed E-state index contributed by atoms with van der Waals surface area (Å²) in [5, 5.41) is 9.06. The fourth-order valence-corrected chi connectivity index (χ4v) is 3.05. The molecule has 0 aromatic heterocycles. The first-order valence-corrected chi connectivity index (χ1v) is 7.39. The molecule has 112 valence electrons. The Morgan fingerprint density at radius 2 is 1.95 bits per heavy atom. The first kappa shape index (κ1) is 14.4. The lowest BCUT2D eigenvalue weighted by Crippen LogP contribution is -2.04. The molecule has 0 amide bonds. The molecule has 0 spiro atoms. The Kier molecular flexibility index (Phi) is 3.96. The quantitative estimate of drug-likeness (QED) is 0.864. The van der Waals surface area contributed by atoms with E-state index in [4.69, 9.17) is 9.84 Å². The third-order valence-corrected chi connectivity index (χ3v) is 4.06. The summed E-state index contributed by atoms with van der Waals surface area (Å²) in [6, 6.07) is 14.1. The van der Waals surface area contributed by atoms with E-state index in [2.05, 4.69) is 18.2 Å². The van der Waals surface area contributed by atoms with Crippen LogP contribution in [-0.4, -0.2) is 18.2 Å². The zero-order valence-corrected chi connectivity index (χ0v) is 12.5. The predicted octanol–water partition coefficient (Wildman–Crippen LogP) is 4.17. The van der Waals surface area contributed by atoms with Crippen LogP contribution in [0, 0.1) is 0 Å². The Hall–Kier alpha value is -2.55. The van der Waals surface area contributed by atoms with E-state index >= 15 is 0 Å². The molecule has 1 aliphatic rings. The number of carbonyl (C=O) groups is 1. The second kappa shape index (κ2) is 6.06. The molecule has 0 saturated carbocycles. The smallest absolute Gasteiger partial charge is 0.328 e. The number of hydrogen-bond donors (Lipinski definition) is 1. The maximum absolute atomic E-state index is 11.0. The number of hydrogen-bond acceptors (Lipinski definition) is 2. The number of aryl methyl sites for hydroxylation is 1. The monoisotopic (exact) mass is 294 g/mol. The van der Waals surface area contributed by atoms with Gasteiger partial charge in [-0.2, -0.15) is 0 Å². The van der Waals surface area contributed by atoms with Crippen molar-refractivity contribution in [1.29, 1.82) is 0 Å². The van der Waals surface area contributed by atoms with Gasteiger partial charge in [-0.1, -0.05) is 30.3 Å². The number of rotatable bonds is 3. The van der Waals surface area contributed by atoms with Crippen molar-refractivity contribution in [2.24, 2.45) is 0 Å². The average Bonchev–Trinajstić information content (AvgIpc) is 2.54. The molecule has 0 unspecified atom stereocenters. The number of benzene rings is 2. The van der Waals surface area contributed by atoms with Crippen LogP contribution in [0.5, 0.6) is 5.75 Å². The summed E-state index contributed by atoms with van der Waals surface area (Å²) < 4.78 is 5.43. The van der Waals surface area contributed by atoms with Crippen LogP contribution in [0.25, 0.3) is 16.7 Å². The molecule has 0 saturated heterocycles. The molecule has 0 aliphatic heterocycles. The molecule has 2 aromatic rings. The zero-order valence-electron chi connectivity index (χ0n) is 12.5. The third kappa shape index (κ3) is 2.75. The number of carboxylic acid groups (broad SMARTS) is 1. The first-order valence-electron chi connectivity index (χ1n) is 7.39. The van der Waals surface area contributed by atoms with E-state index in [1.807, 2.05) is 24.3 Å². The van der Waals surface area contributed by atoms with Crippen molar-refractivity contribution in [1.82, 2.24) is 0 Å². The van der Waals surface area contributed by atoms with Crippen LogP contribution < -0.4 is 4.74 Å². The number of methoxy groups -OCH3 is 1. The normalized spacial score (nSPS) is 15.4. The van der Waals surface area contributed by atoms with Gasteiger partial charge >= 0.3 is 5.97 Å². The summed E-state index contributed by atoms with van der Waals surface area (Å²) in [5.74, 6) is -0.0624. The fourth-order valence-electron chi connectivity index (χ4n) is 3.05. The van der Waals surface area contributed by atoms with Crippen molar-refractivity contribution in [3.8, 4) is 16.9 Å². The van der Waals surface area contributed by atoms with E-state index < -0.39 is 5.97 Å². The molecule has 1 aliphatic carbocycles. The van der Waals surface area contributed by atoms with E-state index in [1.165, 1.54) is 11.6 Å². The number of allylic oxidation sites excluding steroid dienone is 1. The highest BCUT2D eigenvalue weighted by Gasteiger charge is 2.16. The van der Waals surface area contributed by atoms with Gasteiger partial charge in [0, 0.05) is 11.6 Å². The van der Waals surface area contributed by atoms with Gasteiger partial charge in [0.25, 0.3) is 0 Å². The highest BCUT2D eigenvalue weighted by Crippen LogP contribution is 2.36. The van der Waals surface area contributed by atoms with Crippen molar-refractivity contribution < 1.29 is 14.6 Å². The minimum absolute atomic E-state index is 0.814. The summed E-state index contributed by atoms with van der Waals surface area (Å²) in [6.45, 7) is 0. The maximum Gasteiger partial charge on any atom is 0.328 e. The number of ether oxygens (including phenoxy) is 1. The summed E-state index contributed by atoms with van der Waals surface area (Å²) in [5.41, 5.74) is 5.25. The lowest BCUT2D eigenvalue weighted by Gasteiger charge is -2.20. The summed E-state index contributed by atoms with van der Waals surface area (Å²) in [6.07, 6.45) is 4.15. The topological polar surface area (TPSA) is 46.5 Å². The first-order chi connectivity index (χ1) is 10.7. The number of fused-ring (bicyclic) bond motifs is 1. The fraction of sp³-hybridized carbons (Fsp3) is 0.211. The zero-order chi connectivity index (χ0) is 15.5. The van der Waals surface area contributed by atoms with Crippen molar-refractivity contribution in [3.63, 3.8) is 0 Å². The molecule has 3 heteroatoms. The lowest BCUT2D eigenvalue weighted by atomic mass is 9.85. The van der Waals surface area contributed by atoms with Gasteiger partial charge in [-0.15, -0.1) is 0 Å². The van der Waals surface area contributed by atoms with Crippen LogP contribution in [0.2, 0.25) is 0 Å². The van der Waals surface area contributed by atoms with Crippen molar-refractivity contribution in [2.45, 2.75) is 19.3 Å². The molecule has 3 nitrogen and oxygen atoms in total. The number of carboxylic acids is 1. The number of para-hydroxylation sites is 1. The minimum atomic E-state index is -0.884. The van der Waals surface area contributed by atoms with Crippen molar-refractivity contribution in [3.05, 3.63) is 59.7 Å². The Labute approximate surface area is 129 Å². The third-order valence-electron chi connectivity index (χ3n) is 4.06. The molecule has 3 rings (SSSR count). The SMILES string of the molecule is COc1ccccc1-c1ccc2c(c1)/C(=C/C(=O)O)CCC2. The molecular formula is C19H18O3. The predicted molar refractivity (Wildman–Crippen MR) is 87.0 cm³/mol. The molecule has 0 radical (unpaired) electrons. The second-order valence-corrected chi connectivity index (χ2v) is 5.43. The standard InChI is InChI=1S/C19H18O3/c1-22-18-8-3-2-7-16(18)15-10-9-13-5-4-6-14(12-19(20)21)17(13)11-15/h2-3,7-12H,4-6H2,1H3,(H,20,21)/b14-12+. The average molecular weight is 294 g/mol. The van der Waals surface area contributed by atoms with Crippen LogP contribution in [-0.2, 0) is 11.2 Å². The van der Waals surface area contributed by atoms with Gasteiger partial charge in [0.1, 0.15) is 5.75 Å². The molecular weight excluding hydrogens is 276 g/mol. The Bertz CT molecular complexity index is 744. The van der Waals surface area contributed by atoms with E-state index in [9.17, 15) is 4.79 Å². The molecule has 2 aromatic carbocycles. The van der Waals surface area contributed by atoms with Crippen LogP contribution in [0.1, 0.15) is 24.0 Å². The minimum Gasteiger partial charge on any atom is -0.496 e. The molecule has 1 N–H and O–H groups in total. The summed E-state index contributed by atoms with van der Waals surface area (Å²) in [4.78, 5) is 11.0. The molecule has 0 bridgehead atoms. The van der Waals surface area contributed by atoms with Gasteiger partial charge in [0.05, 0.1) is 7.11 Å². The van der Waals surface area contributed by atoms with E-state index in [-0.39, 0.29) is 0 Å².